The predicted octanol–water partition coefficient (Wildman–Crippen LogP) is 13.8. The Labute approximate surface area is 290 Å². The van der Waals surface area contributed by atoms with Crippen molar-refractivity contribution in [2.75, 3.05) is 4.90 Å². The van der Waals surface area contributed by atoms with Crippen molar-refractivity contribution in [2.24, 2.45) is 0 Å². The summed E-state index contributed by atoms with van der Waals surface area (Å²) in [6.45, 7) is 0. The van der Waals surface area contributed by atoms with E-state index < -0.39 is 0 Å². The summed E-state index contributed by atoms with van der Waals surface area (Å²) in [5, 5.41) is 9.74. The zero-order valence-electron chi connectivity index (χ0n) is 27.3. The number of hydrogen-bond donors (Lipinski definition) is 0. The number of benzene rings is 9. The van der Waals surface area contributed by atoms with Gasteiger partial charge in [-0.2, -0.15) is 0 Å². The Morgan fingerprint density at radius 1 is 0.300 bits per heavy atom. The molecule has 0 saturated carbocycles. The summed E-state index contributed by atoms with van der Waals surface area (Å²) in [5.41, 5.74) is 9.73. The van der Waals surface area contributed by atoms with Gasteiger partial charge in [-0.1, -0.05) is 133 Å². The third kappa shape index (κ3) is 4.65. The number of hydrogen-bond acceptors (Lipinski definition) is 2. The third-order valence-electron chi connectivity index (χ3n) is 10.0. The van der Waals surface area contributed by atoms with Gasteiger partial charge in [0.05, 0.1) is 0 Å². The minimum atomic E-state index is 0.871. The molecule has 0 N–H and O–H groups in total. The zero-order valence-corrected chi connectivity index (χ0v) is 27.3. The van der Waals surface area contributed by atoms with E-state index in [0.29, 0.717) is 0 Å². The van der Waals surface area contributed by atoms with Crippen molar-refractivity contribution in [1.82, 2.24) is 0 Å². The molecule has 0 radical (unpaired) electrons. The fourth-order valence-electron chi connectivity index (χ4n) is 7.70. The van der Waals surface area contributed by atoms with Gasteiger partial charge in [0.25, 0.3) is 0 Å². The first-order valence-electron chi connectivity index (χ1n) is 17.1. The highest BCUT2D eigenvalue weighted by Gasteiger charge is 2.18. The molecule has 2 nitrogen and oxygen atoms in total. The lowest BCUT2D eigenvalue weighted by Crippen LogP contribution is -2.10. The average Bonchev–Trinajstić information content (AvgIpc) is 3.56. The summed E-state index contributed by atoms with van der Waals surface area (Å²) < 4.78 is 6.41. The first-order valence-corrected chi connectivity index (χ1v) is 17.1. The summed E-state index contributed by atoms with van der Waals surface area (Å²) in [7, 11) is 0. The lowest BCUT2D eigenvalue weighted by molar-refractivity contribution is 0.669. The second-order valence-electron chi connectivity index (χ2n) is 12.9. The van der Waals surface area contributed by atoms with Crippen LogP contribution in [-0.2, 0) is 0 Å². The Balaban J connectivity index is 1.19. The van der Waals surface area contributed by atoms with Crippen LogP contribution < -0.4 is 4.90 Å². The molecule has 234 valence electrons. The quantitative estimate of drug-likeness (QED) is 0.175. The molecule has 10 rings (SSSR count). The van der Waals surface area contributed by atoms with Crippen LogP contribution in [0.1, 0.15) is 0 Å². The second-order valence-corrected chi connectivity index (χ2v) is 12.9. The van der Waals surface area contributed by atoms with Gasteiger partial charge in [-0.05, 0) is 103 Å². The van der Waals surface area contributed by atoms with E-state index in [-0.39, 0.29) is 0 Å². The maximum Gasteiger partial charge on any atom is 0.137 e. The number of nitrogens with zero attached hydrogens (tertiary/aromatic N) is 1. The number of furan rings is 1. The molecule has 0 unspecified atom stereocenters. The van der Waals surface area contributed by atoms with Gasteiger partial charge in [-0.25, -0.2) is 0 Å². The van der Waals surface area contributed by atoms with Crippen molar-refractivity contribution in [3.63, 3.8) is 0 Å². The smallest absolute Gasteiger partial charge is 0.137 e. The number of para-hydroxylation sites is 1. The molecule has 9 aromatic carbocycles. The molecule has 0 amide bonds. The second kappa shape index (κ2) is 11.5. The van der Waals surface area contributed by atoms with Gasteiger partial charge in [0.1, 0.15) is 11.2 Å². The van der Waals surface area contributed by atoms with Crippen molar-refractivity contribution in [3.05, 3.63) is 188 Å². The highest BCUT2D eigenvalue weighted by Crippen LogP contribution is 2.42. The maximum atomic E-state index is 6.41. The van der Waals surface area contributed by atoms with E-state index in [9.17, 15) is 0 Å². The largest absolute Gasteiger partial charge is 0.456 e. The van der Waals surface area contributed by atoms with Crippen molar-refractivity contribution in [2.45, 2.75) is 0 Å². The minimum Gasteiger partial charge on any atom is -0.456 e. The molecule has 0 aliphatic rings. The van der Waals surface area contributed by atoms with Crippen molar-refractivity contribution >= 4 is 71.3 Å². The Morgan fingerprint density at radius 2 is 0.860 bits per heavy atom. The van der Waals surface area contributed by atoms with Gasteiger partial charge in [0.2, 0.25) is 0 Å². The Hall–Kier alpha value is -6.64. The number of rotatable bonds is 5. The number of anilines is 3. The van der Waals surface area contributed by atoms with Gasteiger partial charge < -0.3 is 9.32 Å². The van der Waals surface area contributed by atoms with Crippen molar-refractivity contribution in [3.8, 4) is 22.3 Å². The molecule has 0 aliphatic heterocycles. The molecule has 0 atom stereocenters. The van der Waals surface area contributed by atoms with Crippen LogP contribution in [0.4, 0.5) is 17.1 Å². The Bertz CT molecular complexity index is 2890. The molecule has 0 aliphatic carbocycles. The molecule has 2 heteroatoms. The van der Waals surface area contributed by atoms with Gasteiger partial charge in [-0.15, -0.1) is 0 Å². The normalized spacial score (nSPS) is 11.6. The van der Waals surface area contributed by atoms with Crippen LogP contribution in [0.15, 0.2) is 192 Å². The molecular formula is C48H31NO. The van der Waals surface area contributed by atoms with Crippen LogP contribution in [0.25, 0.3) is 76.5 Å². The summed E-state index contributed by atoms with van der Waals surface area (Å²) in [5.74, 6) is 0. The molecule has 0 bridgehead atoms. The minimum absolute atomic E-state index is 0.871. The van der Waals surface area contributed by atoms with Gasteiger partial charge in [0.15, 0.2) is 0 Å². The van der Waals surface area contributed by atoms with E-state index in [1.165, 1.54) is 54.6 Å². The van der Waals surface area contributed by atoms with Gasteiger partial charge in [0, 0.05) is 33.9 Å². The monoisotopic (exact) mass is 637 g/mol. The zero-order chi connectivity index (χ0) is 33.0. The van der Waals surface area contributed by atoms with E-state index in [4.69, 9.17) is 4.42 Å². The topological polar surface area (TPSA) is 16.4 Å². The van der Waals surface area contributed by atoms with Crippen LogP contribution >= 0.6 is 0 Å². The fourth-order valence-corrected chi connectivity index (χ4v) is 7.70. The summed E-state index contributed by atoms with van der Waals surface area (Å²) in [6, 6.07) is 67.6. The third-order valence-corrected chi connectivity index (χ3v) is 10.0. The van der Waals surface area contributed by atoms with Gasteiger partial charge in [-0.3, -0.25) is 0 Å². The number of fused-ring (bicyclic) bond motifs is 7. The lowest BCUT2D eigenvalue weighted by Gasteiger charge is -2.27. The standard InChI is InChI=1S/C48H31NO/c1-3-19-39-32(12-1)14-11-24-40(39)33-15-9-17-36(28-33)49(38-26-27-45-44-23-7-8-25-47(44)50-48(45)31-38)37-18-10-16-34(29-37)46-30-35-13-2-4-20-41(35)42-21-5-6-22-43(42)46/h1-31H. The van der Waals surface area contributed by atoms with Crippen LogP contribution in [0.3, 0.4) is 0 Å². The highest BCUT2D eigenvalue weighted by molar-refractivity contribution is 6.14. The molecular weight excluding hydrogens is 607 g/mol. The highest BCUT2D eigenvalue weighted by atomic mass is 16.3. The SMILES string of the molecule is c1cc(-c2cccc3ccccc23)cc(N(c2cccc(-c3cc4ccccc4c4ccccc34)c2)c2ccc3c(c2)oc2ccccc23)c1. The van der Waals surface area contributed by atoms with Crippen molar-refractivity contribution < 1.29 is 4.42 Å². The maximum absolute atomic E-state index is 6.41. The van der Waals surface area contributed by atoms with Crippen molar-refractivity contribution in [1.29, 1.82) is 0 Å². The molecule has 1 heterocycles. The Morgan fingerprint density at radius 3 is 1.66 bits per heavy atom. The molecule has 10 aromatic rings. The summed E-state index contributed by atoms with van der Waals surface area (Å²) in [4.78, 5) is 2.36. The van der Waals surface area contributed by atoms with Gasteiger partial charge >= 0.3 is 0 Å². The van der Waals surface area contributed by atoms with Crippen LogP contribution in [0, 0.1) is 0 Å². The predicted molar refractivity (Wildman–Crippen MR) is 212 cm³/mol. The molecule has 50 heavy (non-hydrogen) atoms. The van der Waals surface area contributed by atoms with Crippen LogP contribution in [0.2, 0.25) is 0 Å². The van der Waals surface area contributed by atoms with Crippen LogP contribution in [0.5, 0.6) is 0 Å². The fraction of sp³-hybridized carbons (Fsp3) is 0. The summed E-state index contributed by atoms with van der Waals surface area (Å²) in [6.07, 6.45) is 0. The molecule has 1 aromatic heterocycles. The molecule has 0 saturated heterocycles. The average molecular weight is 638 g/mol. The molecule has 0 spiro atoms. The first kappa shape index (κ1) is 28.4. The van der Waals surface area contributed by atoms with E-state index in [2.05, 4.69) is 181 Å². The van der Waals surface area contributed by atoms with E-state index in [1.54, 1.807) is 0 Å². The van der Waals surface area contributed by atoms with E-state index in [1.807, 2.05) is 12.1 Å². The first-order chi connectivity index (χ1) is 24.8. The lowest BCUT2D eigenvalue weighted by atomic mass is 9.93. The summed E-state index contributed by atoms with van der Waals surface area (Å²) >= 11 is 0. The van der Waals surface area contributed by atoms with E-state index in [0.717, 1.165) is 39.0 Å². The van der Waals surface area contributed by atoms with Crippen LogP contribution in [-0.4, -0.2) is 0 Å². The van der Waals surface area contributed by atoms with E-state index >= 15 is 0 Å². The molecule has 0 fully saturated rings. The Kier molecular flexibility index (Phi) is 6.53.